The fourth-order valence-corrected chi connectivity index (χ4v) is 3.01. The Labute approximate surface area is 158 Å². The number of carbonyl (C=O) groups excluding carboxylic acids is 1. The predicted octanol–water partition coefficient (Wildman–Crippen LogP) is 4.28. The molecular weight excluding hydrogens is 382 g/mol. The molecule has 1 amide bonds. The van der Waals surface area contributed by atoms with Crippen LogP contribution in [0.2, 0.25) is 5.02 Å². The first-order valence-corrected chi connectivity index (χ1v) is 8.37. The van der Waals surface area contributed by atoms with Crippen LogP contribution >= 0.6 is 11.6 Å². The highest BCUT2D eigenvalue weighted by Gasteiger charge is 2.34. The minimum absolute atomic E-state index is 0.0176. The van der Waals surface area contributed by atoms with Crippen LogP contribution in [0.5, 0.6) is 5.88 Å². The molecule has 0 aromatic carbocycles. The van der Waals surface area contributed by atoms with Crippen molar-refractivity contribution in [2.45, 2.75) is 32.4 Å². The largest absolute Gasteiger partial charge is 0.470 e. The zero-order valence-corrected chi connectivity index (χ0v) is 15.2. The number of nitrogens with zero attached hydrogens (tertiary/aromatic N) is 4. The number of rotatable bonds is 6. The second kappa shape index (κ2) is 7.15. The van der Waals surface area contributed by atoms with E-state index >= 15 is 0 Å². The van der Waals surface area contributed by atoms with Crippen LogP contribution in [0.1, 0.15) is 41.4 Å². The first-order chi connectivity index (χ1) is 12.7. The van der Waals surface area contributed by atoms with Gasteiger partial charge in [-0.05, 0) is 29.8 Å². The van der Waals surface area contributed by atoms with Crippen molar-refractivity contribution in [2.75, 3.05) is 6.61 Å². The molecule has 10 heteroatoms. The second-order valence-corrected chi connectivity index (χ2v) is 6.68. The number of aromatic nitrogens is 2. The molecule has 142 valence electrons. The Morgan fingerprint density at radius 1 is 1.44 bits per heavy atom. The molecule has 2 aromatic rings. The van der Waals surface area contributed by atoms with Gasteiger partial charge in [-0.15, -0.1) is 4.91 Å². The van der Waals surface area contributed by atoms with E-state index in [1.54, 1.807) is 6.92 Å². The summed E-state index contributed by atoms with van der Waals surface area (Å²) in [7, 11) is 0. The van der Waals surface area contributed by atoms with E-state index in [-0.39, 0.29) is 29.2 Å². The Balaban J connectivity index is 1.81. The third-order valence-corrected chi connectivity index (χ3v) is 4.45. The van der Waals surface area contributed by atoms with Crippen LogP contribution in [-0.2, 0) is 6.54 Å². The van der Waals surface area contributed by atoms with E-state index in [2.05, 4.69) is 15.1 Å². The van der Waals surface area contributed by atoms with E-state index in [1.807, 2.05) is 0 Å². The molecule has 27 heavy (non-hydrogen) atoms. The molecule has 3 heterocycles. The molecule has 1 unspecified atom stereocenters. The van der Waals surface area contributed by atoms with E-state index in [0.717, 1.165) is 6.92 Å². The summed E-state index contributed by atoms with van der Waals surface area (Å²) in [5.74, 6) is -3.41. The normalized spacial score (nSPS) is 14.9. The Morgan fingerprint density at radius 3 is 2.81 bits per heavy atom. The summed E-state index contributed by atoms with van der Waals surface area (Å²) in [6.07, 6.45) is 2.77. The van der Waals surface area contributed by atoms with Gasteiger partial charge in [0.1, 0.15) is 5.02 Å². The number of alkyl halides is 2. The number of ether oxygens (including phenoxy) is 1. The Kier molecular flexibility index (Phi) is 5.05. The van der Waals surface area contributed by atoms with Crippen molar-refractivity contribution < 1.29 is 18.3 Å². The van der Waals surface area contributed by atoms with Gasteiger partial charge in [0.25, 0.3) is 11.8 Å². The molecule has 2 aromatic heterocycles. The number of nitroso groups, excluding NO2 is 1. The number of fused-ring (bicyclic) bond motifs is 1. The van der Waals surface area contributed by atoms with Crippen molar-refractivity contribution in [1.29, 1.82) is 0 Å². The minimum atomic E-state index is -3.01. The maximum atomic E-state index is 12.9. The highest BCUT2D eigenvalue weighted by molar-refractivity contribution is 6.31. The van der Waals surface area contributed by atoms with Crippen LogP contribution in [0.25, 0.3) is 0 Å². The Hall–Kier alpha value is -2.68. The van der Waals surface area contributed by atoms with Crippen LogP contribution in [0.3, 0.4) is 0 Å². The molecule has 1 aliphatic heterocycles. The topological polar surface area (TPSA) is 84.8 Å². The maximum Gasteiger partial charge on any atom is 0.278 e. The molecule has 0 fully saturated rings. The highest BCUT2D eigenvalue weighted by atomic mass is 35.5. The average Bonchev–Trinajstić information content (AvgIpc) is 2.96. The van der Waals surface area contributed by atoms with Crippen molar-refractivity contribution in [1.82, 2.24) is 14.9 Å². The first-order valence-electron chi connectivity index (χ1n) is 7.99. The van der Waals surface area contributed by atoms with E-state index in [1.165, 1.54) is 29.4 Å². The van der Waals surface area contributed by atoms with Crippen LogP contribution in [0.15, 0.2) is 29.7 Å². The van der Waals surface area contributed by atoms with Gasteiger partial charge >= 0.3 is 0 Å². The quantitative estimate of drug-likeness (QED) is 0.680. The number of pyridine rings is 2. The van der Waals surface area contributed by atoms with Gasteiger partial charge in [0, 0.05) is 30.4 Å². The molecule has 0 radical (unpaired) electrons. The lowest BCUT2D eigenvalue weighted by atomic mass is 10.1. The zero-order valence-electron chi connectivity index (χ0n) is 14.4. The van der Waals surface area contributed by atoms with Gasteiger partial charge < -0.3 is 9.64 Å². The Morgan fingerprint density at radius 2 is 2.19 bits per heavy atom. The minimum Gasteiger partial charge on any atom is -0.470 e. The molecule has 7 nitrogen and oxygen atoms in total. The summed E-state index contributed by atoms with van der Waals surface area (Å²) in [6, 6.07) is 2.61. The molecule has 0 aliphatic carbocycles. The summed E-state index contributed by atoms with van der Waals surface area (Å²) in [6.45, 7) is 1.82. The molecule has 0 bridgehead atoms. The molecule has 0 saturated heterocycles. The molecular formula is C17H15ClF2N4O3. The first kappa shape index (κ1) is 19.1. The van der Waals surface area contributed by atoms with Gasteiger partial charge in [-0.1, -0.05) is 11.6 Å². The molecule has 0 N–H and O–H groups in total. The van der Waals surface area contributed by atoms with Gasteiger partial charge in [0.15, 0.2) is 6.61 Å². The maximum absolute atomic E-state index is 12.9. The van der Waals surface area contributed by atoms with Crippen molar-refractivity contribution >= 4 is 23.3 Å². The molecule has 0 spiro atoms. The fourth-order valence-electron chi connectivity index (χ4n) is 2.78. The number of hydrogen-bond donors (Lipinski definition) is 0. The van der Waals surface area contributed by atoms with Crippen molar-refractivity contribution in [3.8, 4) is 5.88 Å². The van der Waals surface area contributed by atoms with Gasteiger partial charge in [0.2, 0.25) is 11.7 Å². The van der Waals surface area contributed by atoms with Crippen molar-refractivity contribution in [3.05, 3.63) is 51.1 Å². The predicted molar refractivity (Wildman–Crippen MR) is 93.3 cm³/mol. The summed E-state index contributed by atoms with van der Waals surface area (Å²) < 4.78 is 30.8. The Bertz CT molecular complexity index is 904. The SMILES string of the molecule is CC(c1cnc(OCC(C)(F)F)c(Cl)c1)N1Cc2c(ccnc2N=O)C1=O. The standard InChI is InChI=1S/C17H15ClF2N4O3/c1-9(10-5-13(18)15(22-6-10)27-8-17(2,19)20)24-7-12-11(16(24)25)3-4-21-14(12)23-26/h3-6,9H,7-8H2,1-2H3. The van der Waals surface area contributed by atoms with Crippen LogP contribution < -0.4 is 4.74 Å². The highest BCUT2D eigenvalue weighted by Crippen LogP contribution is 2.36. The lowest BCUT2D eigenvalue weighted by molar-refractivity contribution is -0.0242. The molecule has 3 rings (SSSR count). The number of hydrogen-bond acceptors (Lipinski definition) is 6. The van der Waals surface area contributed by atoms with Gasteiger partial charge in [0.05, 0.1) is 12.6 Å². The van der Waals surface area contributed by atoms with Gasteiger partial charge in [-0.2, -0.15) is 0 Å². The molecule has 1 aliphatic rings. The number of amides is 1. The number of carbonyl (C=O) groups is 1. The monoisotopic (exact) mass is 396 g/mol. The van der Waals surface area contributed by atoms with Gasteiger partial charge in [-0.3, -0.25) is 4.79 Å². The van der Waals surface area contributed by atoms with E-state index < -0.39 is 18.6 Å². The summed E-state index contributed by atoms with van der Waals surface area (Å²) in [5.41, 5.74) is 1.43. The lowest BCUT2D eigenvalue weighted by Gasteiger charge is -2.24. The summed E-state index contributed by atoms with van der Waals surface area (Å²) in [5, 5.41) is 2.92. The van der Waals surface area contributed by atoms with Gasteiger partial charge in [-0.25, -0.2) is 18.7 Å². The van der Waals surface area contributed by atoms with Crippen LogP contribution in [0.4, 0.5) is 14.6 Å². The average molecular weight is 397 g/mol. The third kappa shape index (κ3) is 3.87. The van der Waals surface area contributed by atoms with Crippen molar-refractivity contribution in [3.63, 3.8) is 0 Å². The van der Waals surface area contributed by atoms with Crippen LogP contribution in [0, 0.1) is 4.91 Å². The molecule has 1 atom stereocenters. The summed E-state index contributed by atoms with van der Waals surface area (Å²) in [4.78, 5) is 32.9. The van der Waals surface area contributed by atoms with Crippen LogP contribution in [-0.4, -0.2) is 33.3 Å². The summed E-state index contributed by atoms with van der Waals surface area (Å²) >= 11 is 6.08. The molecule has 0 saturated carbocycles. The zero-order chi connectivity index (χ0) is 19.8. The van der Waals surface area contributed by atoms with Crippen molar-refractivity contribution in [2.24, 2.45) is 5.18 Å². The third-order valence-electron chi connectivity index (χ3n) is 4.18. The smallest absolute Gasteiger partial charge is 0.278 e. The van der Waals surface area contributed by atoms with E-state index in [4.69, 9.17) is 16.3 Å². The van der Waals surface area contributed by atoms with E-state index in [9.17, 15) is 18.5 Å². The van der Waals surface area contributed by atoms with E-state index in [0.29, 0.717) is 16.7 Å². The fraction of sp³-hybridized carbons (Fsp3) is 0.353. The lowest BCUT2D eigenvalue weighted by Crippen LogP contribution is -2.27. The second-order valence-electron chi connectivity index (χ2n) is 6.28. The number of halogens is 3.